The van der Waals surface area contributed by atoms with Gasteiger partial charge in [-0.3, -0.25) is 4.79 Å². The molecule has 11 heavy (non-hydrogen) atoms. The maximum Gasteiger partial charge on any atom is 0.527 e. The number of aliphatic carboxylic acids is 1. The third kappa shape index (κ3) is 4.12. The van der Waals surface area contributed by atoms with Crippen LogP contribution in [0.1, 0.15) is 0 Å². The molecule has 0 aromatic rings. The summed E-state index contributed by atoms with van der Waals surface area (Å²) in [4.78, 5) is 23.7. The van der Waals surface area contributed by atoms with E-state index in [1.54, 1.807) is 0 Å². The minimum atomic E-state index is -1.27. The Morgan fingerprint density at radius 1 is 1.55 bits per heavy atom. The van der Waals surface area contributed by atoms with Crippen LogP contribution in [0.5, 0.6) is 0 Å². The molecule has 0 aliphatic heterocycles. The first-order valence-electron chi connectivity index (χ1n) is 2.59. The van der Waals surface area contributed by atoms with Crippen LogP contribution < -0.4 is 11.6 Å². The third-order valence-electron chi connectivity index (χ3n) is 0.794. The molecule has 0 radical (unpaired) electrons. The summed E-state index contributed by atoms with van der Waals surface area (Å²) in [5.41, 5.74) is 4.95. The van der Waals surface area contributed by atoms with Gasteiger partial charge < -0.3 is 20.4 Å². The molecule has 0 fully saturated rings. The normalized spacial score (nSPS) is 11.8. The van der Waals surface area contributed by atoms with E-state index in [0.29, 0.717) is 0 Å². The average Bonchev–Trinajstić information content (AvgIpc) is 1.99. The number of carboxylic acids is 1. The second-order valence-electron chi connectivity index (χ2n) is 1.62. The lowest BCUT2D eigenvalue weighted by Gasteiger charge is -2.05. The molecule has 0 rings (SSSR count). The first-order valence-corrected chi connectivity index (χ1v) is 2.59. The second kappa shape index (κ2) is 4.47. The number of carboxylic acid groups (broad SMARTS) is 1. The van der Waals surface area contributed by atoms with E-state index in [9.17, 15) is 9.59 Å². The van der Waals surface area contributed by atoms with Crippen molar-refractivity contribution in [3.8, 4) is 0 Å². The highest BCUT2D eigenvalue weighted by molar-refractivity contribution is 5.73. The summed E-state index contributed by atoms with van der Waals surface area (Å²) in [5.74, 6) is 3.10. The van der Waals surface area contributed by atoms with Crippen molar-refractivity contribution in [2.75, 3.05) is 6.61 Å². The van der Waals surface area contributed by atoms with Crippen LogP contribution in [0.25, 0.3) is 0 Å². The molecular formula is C4H8N2O5. The van der Waals surface area contributed by atoms with E-state index in [4.69, 9.17) is 10.8 Å². The highest BCUT2D eigenvalue weighted by Gasteiger charge is 2.14. The van der Waals surface area contributed by atoms with E-state index in [1.807, 2.05) is 0 Å². The molecule has 0 spiro atoms. The van der Waals surface area contributed by atoms with Crippen LogP contribution in [0.15, 0.2) is 0 Å². The van der Waals surface area contributed by atoms with Crippen molar-refractivity contribution in [3.05, 3.63) is 0 Å². The molecule has 0 aliphatic rings. The Morgan fingerprint density at radius 3 is 2.45 bits per heavy atom. The smallest absolute Gasteiger partial charge is 0.480 e. The molecule has 0 unspecified atom stereocenters. The molecule has 7 heteroatoms. The van der Waals surface area contributed by atoms with Crippen molar-refractivity contribution < 1.29 is 24.3 Å². The lowest BCUT2D eigenvalue weighted by atomic mass is 10.3. The molecule has 0 amide bonds. The molecule has 0 bridgehead atoms. The first-order chi connectivity index (χ1) is 5.07. The Labute approximate surface area is 61.8 Å². The summed E-state index contributed by atoms with van der Waals surface area (Å²) < 4.78 is 4.12. The monoisotopic (exact) mass is 164 g/mol. The van der Waals surface area contributed by atoms with E-state index in [1.165, 1.54) is 0 Å². The molecule has 0 heterocycles. The predicted molar refractivity (Wildman–Crippen MR) is 32.2 cm³/mol. The number of nitrogens with two attached hydrogens (primary N) is 2. The SMILES string of the molecule is NOC(=O)OC[C@H](N)C(=O)O. The summed E-state index contributed by atoms with van der Waals surface area (Å²) in [5, 5.41) is 8.18. The van der Waals surface area contributed by atoms with E-state index in [-0.39, 0.29) is 0 Å². The fourth-order valence-electron chi connectivity index (χ4n) is 0.263. The maximum absolute atomic E-state index is 10.1. The van der Waals surface area contributed by atoms with Crippen molar-refractivity contribution in [1.29, 1.82) is 0 Å². The fourth-order valence-corrected chi connectivity index (χ4v) is 0.263. The van der Waals surface area contributed by atoms with Crippen molar-refractivity contribution in [3.63, 3.8) is 0 Å². The summed E-state index contributed by atoms with van der Waals surface area (Å²) in [6, 6.07) is -1.26. The van der Waals surface area contributed by atoms with Crippen LogP contribution in [0.2, 0.25) is 0 Å². The van der Waals surface area contributed by atoms with Gasteiger partial charge in [0.2, 0.25) is 0 Å². The quantitative estimate of drug-likeness (QED) is 0.339. The first kappa shape index (κ1) is 9.66. The van der Waals surface area contributed by atoms with Crippen LogP contribution in [0.4, 0.5) is 4.79 Å². The largest absolute Gasteiger partial charge is 0.527 e. The van der Waals surface area contributed by atoms with Crippen molar-refractivity contribution in [2.45, 2.75) is 6.04 Å². The van der Waals surface area contributed by atoms with Crippen molar-refractivity contribution >= 4 is 12.1 Å². The van der Waals surface area contributed by atoms with Gasteiger partial charge in [-0.05, 0) is 0 Å². The highest BCUT2D eigenvalue weighted by Crippen LogP contribution is 1.84. The number of carbonyl (C=O) groups excluding carboxylic acids is 1. The molecule has 0 aromatic carbocycles. The number of carbonyl (C=O) groups is 2. The summed E-state index contributed by atoms with van der Waals surface area (Å²) in [6.45, 7) is -0.467. The van der Waals surface area contributed by atoms with Gasteiger partial charge in [-0.15, -0.1) is 0 Å². The molecule has 0 aliphatic carbocycles. The Hall–Kier alpha value is -1.34. The molecule has 0 saturated carbocycles. The van der Waals surface area contributed by atoms with Crippen LogP contribution >= 0.6 is 0 Å². The Morgan fingerprint density at radius 2 is 2.09 bits per heavy atom. The minimum Gasteiger partial charge on any atom is -0.480 e. The van der Waals surface area contributed by atoms with Gasteiger partial charge in [0.1, 0.15) is 12.6 Å². The number of hydrogen-bond donors (Lipinski definition) is 3. The summed E-state index contributed by atoms with van der Waals surface area (Å²) in [6.07, 6.45) is -1.17. The Bertz CT molecular complexity index is 159. The molecule has 5 N–H and O–H groups in total. The molecule has 0 saturated heterocycles. The average molecular weight is 164 g/mol. The molecule has 1 atom stereocenters. The van der Waals surface area contributed by atoms with Gasteiger partial charge in [0, 0.05) is 0 Å². The van der Waals surface area contributed by atoms with Gasteiger partial charge in [-0.1, -0.05) is 0 Å². The van der Waals surface area contributed by atoms with Gasteiger partial charge in [0.15, 0.2) is 0 Å². The zero-order chi connectivity index (χ0) is 8.85. The minimum absolute atomic E-state index is 0.467. The predicted octanol–water partition coefficient (Wildman–Crippen LogP) is -1.57. The van der Waals surface area contributed by atoms with Gasteiger partial charge in [-0.25, -0.2) is 4.79 Å². The van der Waals surface area contributed by atoms with Crippen LogP contribution in [-0.2, 0) is 14.4 Å². The van der Waals surface area contributed by atoms with Gasteiger partial charge >= 0.3 is 12.1 Å². The number of rotatable bonds is 3. The van der Waals surface area contributed by atoms with Gasteiger partial charge in [0.05, 0.1) is 0 Å². The molecule has 7 nitrogen and oxygen atoms in total. The molecule has 64 valence electrons. The fraction of sp³-hybridized carbons (Fsp3) is 0.500. The topological polar surface area (TPSA) is 125 Å². The Balaban J connectivity index is 3.54. The van der Waals surface area contributed by atoms with E-state index in [0.717, 1.165) is 0 Å². The van der Waals surface area contributed by atoms with E-state index >= 15 is 0 Å². The maximum atomic E-state index is 10.1. The van der Waals surface area contributed by atoms with Gasteiger partial charge in [-0.2, -0.15) is 5.90 Å². The second-order valence-corrected chi connectivity index (χ2v) is 1.62. The molecular weight excluding hydrogens is 156 g/mol. The number of hydrogen-bond acceptors (Lipinski definition) is 6. The molecule has 0 aromatic heterocycles. The zero-order valence-electron chi connectivity index (χ0n) is 5.52. The van der Waals surface area contributed by atoms with Crippen LogP contribution in [0.3, 0.4) is 0 Å². The third-order valence-corrected chi connectivity index (χ3v) is 0.794. The van der Waals surface area contributed by atoms with E-state index in [2.05, 4.69) is 15.5 Å². The van der Waals surface area contributed by atoms with Crippen LogP contribution in [-0.4, -0.2) is 29.9 Å². The van der Waals surface area contributed by atoms with Crippen molar-refractivity contribution in [1.82, 2.24) is 0 Å². The number of ether oxygens (including phenoxy) is 1. The highest BCUT2D eigenvalue weighted by atomic mass is 16.8. The van der Waals surface area contributed by atoms with Crippen molar-refractivity contribution in [2.24, 2.45) is 11.6 Å². The Kier molecular flexibility index (Phi) is 3.93. The van der Waals surface area contributed by atoms with Crippen LogP contribution in [0, 0.1) is 0 Å². The summed E-state index contributed by atoms with van der Waals surface area (Å²) in [7, 11) is 0. The van der Waals surface area contributed by atoms with E-state index < -0.39 is 24.8 Å². The lowest BCUT2D eigenvalue weighted by Crippen LogP contribution is -2.36. The zero-order valence-corrected chi connectivity index (χ0v) is 5.52. The summed E-state index contributed by atoms with van der Waals surface area (Å²) >= 11 is 0. The lowest BCUT2D eigenvalue weighted by molar-refractivity contribution is -0.139. The van der Waals surface area contributed by atoms with Gasteiger partial charge in [0.25, 0.3) is 0 Å². The standard InChI is InChI=1S/C4H8N2O5/c5-2(3(7)8)1-10-4(9)11-6/h2H,1,5-6H2,(H,7,8)/t2-/m0/s1.